The number of aromatic nitrogens is 2. The van der Waals surface area contributed by atoms with E-state index in [1.807, 2.05) is 31.2 Å². The number of amides is 1. The third kappa shape index (κ3) is 5.53. The molecule has 0 saturated carbocycles. The first-order valence-electron chi connectivity index (χ1n) is 11.9. The molecule has 0 radical (unpaired) electrons. The third-order valence-electron chi connectivity index (χ3n) is 6.31. The smallest absolute Gasteiger partial charge is 0.221 e. The second kappa shape index (κ2) is 10.3. The summed E-state index contributed by atoms with van der Waals surface area (Å²) in [4.78, 5) is 26.6. The first-order chi connectivity index (χ1) is 17.9. The number of rotatable bonds is 7. The summed E-state index contributed by atoms with van der Waals surface area (Å²) in [5.41, 5.74) is 4.47. The van der Waals surface area contributed by atoms with Gasteiger partial charge in [-0.1, -0.05) is 24.3 Å². The van der Waals surface area contributed by atoms with E-state index in [1.54, 1.807) is 36.7 Å². The Morgan fingerprint density at radius 1 is 1.05 bits per heavy atom. The van der Waals surface area contributed by atoms with Crippen molar-refractivity contribution < 1.29 is 18.7 Å². The number of halogens is 2. The summed E-state index contributed by atoms with van der Waals surface area (Å²) in [6, 6.07) is 16.9. The molecule has 0 spiro atoms. The Kier molecular flexibility index (Phi) is 6.72. The predicted octanol–water partition coefficient (Wildman–Crippen LogP) is 5.73. The minimum Gasteiger partial charge on any atom is -0.508 e. The number of nitrogens with zero attached hydrogens (tertiary/aromatic N) is 3. The standard InChI is InChI=1S/C29H24F2N4O2/c1-17-4-2-3-5-23(17)26-8-9-32-29(35-26)27(12-18-10-20(30)14-21(31)11-18)34-28(37)13-19-16-33-25-7-6-22(36)15-24(19)25/h2-11,14-16,19,27,36H,12-13H2,1H3,(H,34,37). The number of fused-ring (bicyclic) bond motifs is 1. The van der Waals surface area contributed by atoms with Gasteiger partial charge in [-0.3, -0.25) is 9.79 Å². The average Bonchev–Trinajstić information content (AvgIpc) is 3.25. The summed E-state index contributed by atoms with van der Waals surface area (Å²) in [5, 5.41) is 12.8. The average molecular weight is 499 g/mol. The Bertz CT molecular complexity index is 1480. The van der Waals surface area contributed by atoms with Crippen molar-refractivity contribution in [2.45, 2.75) is 31.7 Å². The van der Waals surface area contributed by atoms with Crippen molar-refractivity contribution in [3.63, 3.8) is 0 Å². The summed E-state index contributed by atoms with van der Waals surface area (Å²) in [5.74, 6) is -1.59. The fourth-order valence-corrected chi connectivity index (χ4v) is 4.55. The number of hydrogen-bond acceptors (Lipinski definition) is 5. The molecule has 1 aliphatic heterocycles. The van der Waals surface area contributed by atoms with Crippen LogP contribution >= 0.6 is 0 Å². The Labute approximate surface area is 212 Å². The van der Waals surface area contributed by atoms with Crippen molar-refractivity contribution in [3.8, 4) is 17.0 Å². The number of carbonyl (C=O) groups excluding carboxylic acids is 1. The van der Waals surface area contributed by atoms with Gasteiger partial charge in [0.25, 0.3) is 0 Å². The van der Waals surface area contributed by atoms with E-state index in [0.29, 0.717) is 22.8 Å². The van der Waals surface area contributed by atoms with Gasteiger partial charge in [-0.15, -0.1) is 0 Å². The van der Waals surface area contributed by atoms with Gasteiger partial charge in [-0.2, -0.15) is 0 Å². The Morgan fingerprint density at radius 2 is 1.84 bits per heavy atom. The maximum Gasteiger partial charge on any atom is 0.221 e. The minimum absolute atomic E-state index is 0.0749. The predicted molar refractivity (Wildman–Crippen MR) is 137 cm³/mol. The van der Waals surface area contributed by atoms with E-state index in [2.05, 4.69) is 15.3 Å². The molecule has 2 atom stereocenters. The van der Waals surface area contributed by atoms with Crippen LogP contribution in [0.2, 0.25) is 0 Å². The van der Waals surface area contributed by atoms with Crippen LogP contribution in [0.3, 0.4) is 0 Å². The molecule has 5 rings (SSSR count). The van der Waals surface area contributed by atoms with E-state index < -0.39 is 17.7 Å². The van der Waals surface area contributed by atoms with Gasteiger partial charge in [-0.05, 0) is 60.0 Å². The van der Waals surface area contributed by atoms with Crippen LogP contribution in [0.15, 0.2) is 77.9 Å². The van der Waals surface area contributed by atoms with Crippen LogP contribution in [-0.4, -0.2) is 27.2 Å². The molecule has 0 saturated heterocycles. The van der Waals surface area contributed by atoms with Crippen molar-refractivity contribution in [2.75, 3.05) is 0 Å². The fourth-order valence-electron chi connectivity index (χ4n) is 4.55. The second-order valence-corrected chi connectivity index (χ2v) is 9.05. The molecule has 6 nitrogen and oxygen atoms in total. The molecule has 0 bridgehead atoms. The number of phenolic OH excluding ortho intramolecular Hbond substituents is 1. The van der Waals surface area contributed by atoms with Gasteiger partial charge >= 0.3 is 0 Å². The summed E-state index contributed by atoms with van der Waals surface area (Å²) >= 11 is 0. The van der Waals surface area contributed by atoms with Crippen LogP contribution in [0.1, 0.15) is 40.9 Å². The SMILES string of the molecule is Cc1ccccc1-c1ccnc(C(Cc2cc(F)cc(F)c2)NC(=O)CC2C=Nc3ccc(O)cc32)n1. The lowest BCUT2D eigenvalue weighted by molar-refractivity contribution is -0.122. The van der Waals surface area contributed by atoms with Crippen LogP contribution in [0, 0.1) is 18.6 Å². The molecular weight excluding hydrogens is 474 g/mol. The lowest BCUT2D eigenvalue weighted by atomic mass is 9.96. The highest BCUT2D eigenvalue weighted by atomic mass is 19.1. The van der Waals surface area contributed by atoms with Crippen molar-refractivity contribution in [1.82, 2.24) is 15.3 Å². The van der Waals surface area contributed by atoms with Crippen LogP contribution in [0.5, 0.6) is 5.75 Å². The largest absolute Gasteiger partial charge is 0.508 e. The molecular formula is C29H24F2N4O2. The summed E-state index contributed by atoms with van der Waals surface area (Å²) in [6.07, 6.45) is 3.45. The van der Waals surface area contributed by atoms with Gasteiger partial charge in [0.1, 0.15) is 17.4 Å². The van der Waals surface area contributed by atoms with Crippen LogP contribution in [-0.2, 0) is 11.2 Å². The number of aliphatic imine (C=N–C) groups is 1. The monoisotopic (exact) mass is 498 g/mol. The molecule has 0 fully saturated rings. The number of aryl methyl sites for hydroxylation is 1. The molecule has 0 aliphatic carbocycles. The van der Waals surface area contributed by atoms with Crippen LogP contribution in [0.25, 0.3) is 11.3 Å². The topological polar surface area (TPSA) is 87.5 Å². The maximum atomic E-state index is 13.9. The van der Waals surface area contributed by atoms with E-state index in [-0.39, 0.29) is 30.4 Å². The molecule has 4 aromatic rings. The first-order valence-corrected chi connectivity index (χ1v) is 11.9. The molecule has 1 aliphatic rings. The summed E-state index contributed by atoms with van der Waals surface area (Å²) < 4.78 is 27.8. The Morgan fingerprint density at radius 3 is 2.62 bits per heavy atom. The lowest BCUT2D eigenvalue weighted by Crippen LogP contribution is -2.32. The van der Waals surface area contributed by atoms with E-state index in [4.69, 9.17) is 4.98 Å². The third-order valence-corrected chi connectivity index (χ3v) is 6.31. The number of phenols is 1. The molecule has 186 valence electrons. The highest BCUT2D eigenvalue weighted by molar-refractivity contribution is 5.88. The quantitative estimate of drug-likeness (QED) is 0.341. The number of nitrogens with one attached hydrogen (secondary N) is 1. The zero-order chi connectivity index (χ0) is 25.9. The number of benzene rings is 3. The van der Waals surface area contributed by atoms with Crippen molar-refractivity contribution in [3.05, 3.63) is 107 Å². The number of aromatic hydroxyl groups is 1. The minimum atomic E-state index is -0.736. The number of carbonyl (C=O) groups is 1. The van der Waals surface area contributed by atoms with Crippen LogP contribution in [0.4, 0.5) is 14.5 Å². The Balaban J connectivity index is 1.43. The molecule has 2 N–H and O–H groups in total. The highest BCUT2D eigenvalue weighted by Crippen LogP contribution is 2.36. The van der Waals surface area contributed by atoms with E-state index >= 15 is 0 Å². The van der Waals surface area contributed by atoms with Crippen LogP contribution < -0.4 is 5.32 Å². The van der Waals surface area contributed by atoms with E-state index in [1.165, 1.54) is 12.1 Å². The van der Waals surface area contributed by atoms with Gasteiger partial charge in [0.05, 0.1) is 17.4 Å². The van der Waals surface area contributed by atoms with Gasteiger partial charge < -0.3 is 10.4 Å². The first kappa shape index (κ1) is 24.2. The highest BCUT2D eigenvalue weighted by Gasteiger charge is 2.25. The van der Waals surface area contributed by atoms with E-state index in [0.717, 1.165) is 22.8 Å². The molecule has 2 unspecified atom stereocenters. The summed E-state index contributed by atoms with van der Waals surface area (Å²) in [7, 11) is 0. The molecule has 2 heterocycles. The zero-order valence-electron chi connectivity index (χ0n) is 20.0. The second-order valence-electron chi connectivity index (χ2n) is 9.05. The lowest BCUT2D eigenvalue weighted by Gasteiger charge is -2.20. The maximum absolute atomic E-state index is 13.9. The zero-order valence-corrected chi connectivity index (χ0v) is 20.0. The van der Waals surface area contributed by atoms with Gasteiger partial charge in [0.15, 0.2) is 5.82 Å². The normalized spacial score (nSPS) is 14.8. The van der Waals surface area contributed by atoms with Crippen molar-refractivity contribution in [1.29, 1.82) is 0 Å². The van der Waals surface area contributed by atoms with Crippen molar-refractivity contribution in [2.24, 2.45) is 4.99 Å². The molecule has 3 aromatic carbocycles. The van der Waals surface area contributed by atoms with Gasteiger partial charge in [-0.25, -0.2) is 18.7 Å². The molecule has 1 amide bonds. The molecule has 8 heteroatoms. The molecule has 1 aromatic heterocycles. The fraction of sp³-hybridized carbons (Fsp3) is 0.172. The van der Waals surface area contributed by atoms with E-state index in [9.17, 15) is 18.7 Å². The Hall–Kier alpha value is -4.46. The summed E-state index contributed by atoms with van der Waals surface area (Å²) in [6.45, 7) is 1.98. The molecule has 37 heavy (non-hydrogen) atoms. The van der Waals surface area contributed by atoms with Crippen molar-refractivity contribution >= 4 is 17.8 Å². The van der Waals surface area contributed by atoms with Gasteiger partial charge in [0.2, 0.25) is 5.91 Å². The van der Waals surface area contributed by atoms with Gasteiger partial charge in [0, 0.05) is 42.8 Å². The number of hydrogen-bond donors (Lipinski definition) is 2.